The summed E-state index contributed by atoms with van der Waals surface area (Å²) in [4.78, 5) is 14.2. The van der Waals surface area contributed by atoms with Crippen molar-refractivity contribution < 1.29 is 4.79 Å². The fraction of sp³-hybridized carbons (Fsp3) is 0.938. The Hall–Kier alpha value is -0.530. The van der Waals surface area contributed by atoms with E-state index in [1.54, 1.807) is 0 Å². The van der Waals surface area contributed by atoms with E-state index in [0.29, 0.717) is 11.9 Å². The van der Waals surface area contributed by atoms with Gasteiger partial charge in [-0.1, -0.05) is 45.4 Å². The Morgan fingerprint density at radius 3 is 2.39 bits per heavy atom. The number of rotatable bonds is 8. The predicted octanol–water partition coefficient (Wildman–Crippen LogP) is 4.53. The normalized spacial score (nSPS) is 20.1. The molecule has 1 aliphatic rings. The molecule has 2 nitrogen and oxygen atoms in total. The maximum Gasteiger partial charge on any atom is 0.222 e. The van der Waals surface area contributed by atoms with Crippen LogP contribution in [0, 0.1) is 0 Å². The second kappa shape index (κ2) is 9.41. The van der Waals surface area contributed by atoms with E-state index in [1.807, 2.05) is 0 Å². The molecular formula is C16H31NO. The van der Waals surface area contributed by atoms with Crippen LogP contribution in [0.4, 0.5) is 0 Å². The molecule has 0 saturated carbocycles. The summed E-state index contributed by atoms with van der Waals surface area (Å²) in [5.41, 5.74) is 0. The van der Waals surface area contributed by atoms with E-state index < -0.39 is 0 Å². The molecule has 2 heteroatoms. The summed E-state index contributed by atoms with van der Waals surface area (Å²) in [5.74, 6) is 0.399. The van der Waals surface area contributed by atoms with Gasteiger partial charge in [0.25, 0.3) is 0 Å². The predicted molar refractivity (Wildman–Crippen MR) is 77.6 cm³/mol. The van der Waals surface area contributed by atoms with Crippen molar-refractivity contribution in [2.75, 3.05) is 6.54 Å². The number of unbranched alkanes of at least 4 members (excludes halogenated alkanes) is 6. The van der Waals surface area contributed by atoms with Crippen LogP contribution >= 0.6 is 0 Å². The van der Waals surface area contributed by atoms with Crippen molar-refractivity contribution in [3.05, 3.63) is 0 Å². The van der Waals surface area contributed by atoms with Crippen molar-refractivity contribution >= 4 is 5.91 Å². The van der Waals surface area contributed by atoms with E-state index in [-0.39, 0.29) is 0 Å². The average molecular weight is 253 g/mol. The van der Waals surface area contributed by atoms with Crippen LogP contribution in [0.2, 0.25) is 0 Å². The molecule has 0 bridgehead atoms. The van der Waals surface area contributed by atoms with E-state index in [9.17, 15) is 4.79 Å². The lowest BCUT2D eigenvalue weighted by Gasteiger charge is -2.33. The Labute approximate surface area is 113 Å². The van der Waals surface area contributed by atoms with Gasteiger partial charge in [0.2, 0.25) is 5.91 Å². The number of hydrogen-bond donors (Lipinski definition) is 0. The van der Waals surface area contributed by atoms with Crippen LogP contribution in [0.15, 0.2) is 0 Å². The standard InChI is InChI=1S/C16H31NO/c1-3-4-5-6-7-8-9-13-16(18)17-14-11-10-12-15(17)2/h15H,3-14H2,1-2H3/t15-/m0/s1. The van der Waals surface area contributed by atoms with Gasteiger partial charge in [-0.3, -0.25) is 4.79 Å². The van der Waals surface area contributed by atoms with Crippen LogP contribution in [0.3, 0.4) is 0 Å². The fourth-order valence-electron chi connectivity index (χ4n) is 2.85. The largest absolute Gasteiger partial charge is 0.340 e. The molecule has 0 unspecified atom stereocenters. The van der Waals surface area contributed by atoms with Gasteiger partial charge in [0.05, 0.1) is 0 Å². The summed E-state index contributed by atoms with van der Waals surface area (Å²) in [6, 6.07) is 0.482. The summed E-state index contributed by atoms with van der Waals surface area (Å²) in [5, 5.41) is 0. The molecular weight excluding hydrogens is 222 g/mol. The van der Waals surface area contributed by atoms with Gasteiger partial charge in [0.15, 0.2) is 0 Å². The molecule has 0 radical (unpaired) electrons. The third-order valence-corrected chi connectivity index (χ3v) is 4.12. The lowest BCUT2D eigenvalue weighted by Crippen LogP contribution is -2.41. The third kappa shape index (κ3) is 5.88. The van der Waals surface area contributed by atoms with Gasteiger partial charge >= 0.3 is 0 Å². The molecule has 1 amide bonds. The molecule has 1 atom stereocenters. The number of carbonyl (C=O) groups excluding carboxylic acids is 1. The number of carbonyl (C=O) groups is 1. The van der Waals surface area contributed by atoms with E-state index in [1.165, 1.54) is 57.8 Å². The molecule has 1 aliphatic heterocycles. The van der Waals surface area contributed by atoms with Crippen molar-refractivity contribution in [2.45, 2.75) is 90.5 Å². The van der Waals surface area contributed by atoms with Gasteiger partial charge in [-0.2, -0.15) is 0 Å². The molecule has 0 aromatic carbocycles. The number of nitrogens with zero attached hydrogens (tertiary/aromatic N) is 1. The monoisotopic (exact) mass is 253 g/mol. The Balaban J connectivity index is 2.02. The van der Waals surface area contributed by atoms with Gasteiger partial charge < -0.3 is 4.90 Å². The van der Waals surface area contributed by atoms with Crippen molar-refractivity contribution in [2.24, 2.45) is 0 Å². The Morgan fingerprint density at radius 2 is 1.72 bits per heavy atom. The van der Waals surface area contributed by atoms with Crippen LogP contribution in [-0.2, 0) is 4.79 Å². The van der Waals surface area contributed by atoms with Gasteiger partial charge in [-0.15, -0.1) is 0 Å². The Kier molecular flexibility index (Phi) is 8.11. The molecule has 18 heavy (non-hydrogen) atoms. The number of likely N-dealkylation sites (tertiary alicyclic amines) is 1. The van der Waals surface area contributed by atoms with E-state index in [4.69, 9.17) is 0 Å². The van der Waals surface area contributed by atoms with Crippen LogP contribution in [-0.4, -0.2) is 23.4 Å². The van der Waals surface area contributed by atoms with Gasteiger partial charge in [0, 0.05) is 19.0 Å². The second-order valence-electron chi connectivity index (χ2n) is 5.80. The molecule has 1 heterocycles. The summed E-state index contributed by atoms with van der Waals surface area (Å²) in [6.45, 7) is 5.44. The maximum atomic E-state index is 12.1. The first-order valence-corrected chi connectivity index (χ1v) is 8.05. The summed E-state index contributed by atoms with van der Waals surface area (Å²) >= 11 is 0. The van der Waals surface area contributed by atoms with Crippen LogP contribution in [0.5, 0.6) is 0 Å². The first-order valence-electron chi connectivity index (χ1n) is 8.05. The highest BCUT2D eigenvalue weighted by molar-refractivity contribution is 5.76. The summed E-state index contributed by atoms with van der Waals surface area (Å²) < 4.78 is 0. The first kappa shape index (κ1) is 15.5. The maximum absolute atomic E-state index is 12.1. The SMILES string of the molecule is CCCCCCCCCC(=O)N1CCCC[C@@H]1C. The second-order valence-corrected chi connectivity index (χ2v) is 5.80. The minimum atomic E-state index is 0.399. The average Bonchev–Trinajstić information content (AvgIpc) is 2.38. The smallest absolute Gasteiger partial charge is 0.222 e. The topological polar surface area (TPSA) is 20.3 Å². The molecule has 106 valence electrons. The molecule has 0 N–H and O–H groups in total. The summed E-state index contributed by atoms with van der Waals surface area (Å²) in [6.07, 6.45) is 13.5. The van der Waals surface area contributed by atoms with Crippen LogP contribution in [0.1, 0.15) is 84.5 Å². The Morgan fingerprint density at radius 1 is 1.06 bits per heavy atom. The highest BCUT2D eigenvalue weighted by Gasteiger charge is 2.22. The van der Waals surface area contributed by atoms with Crippen LogP contribution in [0.25, 0.3) is 0 Å². The molecule has 1 saturated heterocycles. The highest BCUT2D eigenvalue weighted by Crippen LogP contribution is 2.18. The number of amides is 1. The number of hydrogen-bond acceptors (Lipinski definition) is 1. The zero-order chi connectivity index (χ0) is 13.2. The molecule has 0 aromatic rings. The lowest BCUT2D eigenvalue weighted by molar-refractivity contribution is -0.134. The Bertz CT molecular complexity index is 227. The minimum Gasteiger partial charge on any atom is -0.340 e. The fourth-order valence-corrected chi connectivity index (χ4v) is 2.85. The van der Waals surface area contributed by atoms with Gasteiger partial charge in [-0.25, -0.2) is 0 Å². The van der Waals surface area contributed by atoms with E-state index >= 15 is 0 Å². The van der Waals surface area contributed by atoms with E-state index in [0.717, 1.165) is 19.4 Å². The highest BCUT2D eigenvalue weighted by atomic mass is 16.2. The molecule has 0 aromatic heterocycles. The zero-order valence-corrected chi connectivity index (χ0v) is 12.4. The molecule has 0 spiro atoms. The lowest BCUT2D eigenvalue weighted by atomic mass is 10.0. The molecule has 1 fully saturated rings. The summed E-state index contributed by atoms with van der Waals surface area (Å²) in [7, 11) is 0. The minimum absolute atomic E-state index is 0.399. The van der Waals surface area contributed by atoms with E-state index in [2.05, 4.69) is 18.7 Å². The van der Waals surface area contributed by atoms with Crippen molar-refractivity contribution in [1.82, 2.24) is 4.90 Å². The number of piperidine rings is 1. The molecule has 0 aliphatic carbocycles. The van der Waals surface area contributed by atoms with Crippen molar-refractivity contribution in [3.8, 4) is 0 Å². The van der Waals surface area contributed by atoms with Crippen LogP contribution < -0.4 is 0 Å². The van der Waals surface area contributed by atoms with Crippen molar-refractivity contribution in [1.29, 1.82) is 0 Å². The van der Waals surface area contributed by atoms with Crippen molar-refractivity contribution in [3.63, 3.8) is 0 Å². The third-order valence-electron chi connectivity index (χ3n) is 4.12. The first-order chi connectivity index (χ1) is 8.75. The van der Waals surface area contributed by atoms with Gasteiger partial charge in [-0.05, 0) is 32.6 Å². The zero-order valence-electron chi connectivity index (χ0n) is 12.4. The molecule has 1 rings (SSSR count). The quantitative estimate of drug-likeness (QED) is 0.582. The van der Waals surface area contributed by atoms with Gasteiger partial charge in [0.1, 0.15) is 0 Å².